The average Bonchev–Trinajstić information content (AvgIpc) is 3.50. The summed E-state index contributed by atoms with van der Waals surface area (Å²) in [6.07, 6.45) is 7.16. The second-order valence-electron chi connectivity index (χ2n) is 9.64. The van der Waals surface area contributed by atoms with Gasteiger partial charge in [0.25, 0.3) is 5.91 Å². The zero-order valence-corrected chi connectivity index (χ0v) is 19.9. The number of halogens is 1. The zero-order valence-electron chi connectivity index (χ0n) is 19.9. The molecule has 0 atom stereocenters. The quantitative estimate of drug-likeness (QED) is 0.555. The van der Waals surface area contributed by atoms with Crippen LogP contribution < -0.4 is 0 Å². The highest BCUT2D eigenvalue weighted by Crippen LogP contribution is 2.47. The summed E-state index contributed by atoms with van der Waals surface area (Å²) in [6.45, 7) is 3.61. The van der Waals surface area contributed by atoms with Gasteiger partial charge in [0.1, 0.15) is 11.5 Å². The molecule has 1 aliphatic carbocycles. The first-order chi connectivity index (χ1) is 16.8. The number of aromatic nitrogens is 3. The van der Waals surface area contributed by atoms with Crippen molar-refractivity contribution in [1.82, 2.24) is 24.6 Å². The van der Waals surface area contributed by atoms with Crippen molar-refractivity contribution < 1.29 is 19.1 Å². The van der Waals surface area contributed by atoms with Crippen molar-refractivity contribution in [2.24, 2.45) is 0 Å². The minimum atomic E-state index is -1.15. The molecule has 0 unspecified atom stereocenters. The van der Waals surface area contributed by atoms with Gasteiger partial charge < -0.3 is 5.11 Å². The van der Waals surface area contributed by atoms with Crippen molar-refractivity contribution in [2.75, 3.05) is 20.1 Å². The van der Waals surface area contributed by atoms with Crippen LogP contribution in [0.15, 0.2) is 36.4 Å². The second kappa shape index (κ2) is 8.88. The van der Waals surface area contributed by atoms with Gasteiger partial charge >= 0.3 is 5.97 Å². The molecular weight excluding hydrogens is 449 g/mol. The van der Waals surface area contributed by atoms with Crippen LogP contribution in [0.1, 0.15) is 60.8 Å². The number of hydrogen-bond acceptors (Lipinski definition) is 5. The lowest BCUT2D eigenvalue weighted by molar-refractivity contribution is -0.131. The molecule has 9 heteroatoms. The molecule has 8 nitrogen and oxygen atoms in total. The maximum absolute atomic E-state index is 15.2. The van der Waals surface area contributed by atoms with Crippen LogP contribution in [0.5, 0.6) is 0 Å². The lowest BCUT2D eigenvalue weighted by Crippen LogP contribution is -2.44. The molecule has 2 aliphatic rings. The Morgan fingerprint density at radius 3 is 2.66 bits per heavy atom. The lowest BCUT2D eigenvalue weighted by atomic mass is 10.0. The molecular formula is C26H28FN5O3. The summed E-state index contributed by atoms with van der Waals surface area (Å²) >= 11 is 0. The van der Waals surface area contributed by atoms with E-state index in [-0.39, 0.29) is 22.4 Å². The summed E-state index contributed by atoms with van der Waals surface area (Å²) in [5.74, 6) is -1.85. The fourth-order valence-electron chi connectivity index (χ4n) is 4.59. The van der Waals surface area contributed by atoms with Crippen molar-refractivity contribution in [2.45, 2.75) is 44.4 Å². The van der Waals surface area contributed by atoms with E-state index in [1.54, 1.807) is 27.7 Å². The average molecular weight is 478 g/mol. The van der Waals surface area contributed by atoms with Gasteiger partial charge in [0.2, 0.25) is 0 Å². The van der Waals surface area contributed by atoms with Crippen LogP contribution in [0.3, 0.4) is 0 Å². The van der Waals surface area contributed by atoms with Gasteiger partial charge in [0, 0.05) is 48.8 Å². The van der Waals surface area contributed by atoms with E-state index in [1.165, 1.54) is 12.1 Å². The topological polar surface area (TPSA) is 91.0 Å². The van der Waals surface area contributed by atoms with Crippen LogP contribution in [0.2, 0.25) is 0 Å². The van der Waals surface area contributed by atoms with E-state index >= 15 is 4.39 Å². The molecule has 0 radical (unpaired) electrons. The Bertz CT molecular complexity index is 1340. The predicted molar refractivity (Wildman–Crippen MR) is 129 cm³/mol. The van der Waals surface area contributed by atoms with Crippen molar-refractivity contribution in [3.8, 4) is 11.3 Å². The predicted octanol–water partition coefficient (Wildman–Crippen LogP) is 4.16. The Hall–Kier alpha value is -3.59. The van der Waals surface area contributed by atoms with E-state index in [4.69, 9.17) is 5.11 Å². The second-order valence-corrected chi connectivity index (χ2v) is 9.64. The molecule has 1 saturated heterocycles. The van der Waals surface area contributed by atoms with E-state index in [0.29, 0.717) is 23.6 Å². The molecule has 3 aromatic rings. The number of hydrogen-bond donors (Lipinski definition) is 1. The van der Waals surface area contributed by atoms with Gasteiger partial charge in [-0.1, -0.05) is 25.5 Å². The Kier molecular flexibility index (Phi) is 5.88. The molecule has 0 spiro atoms. The molecule has 1 amide bonds. The van der Waals surface area contributed by atoms with Crippen molar-refractivity contribution in [3.63, 3.8) is 0 Å². The maximum atomic E-state index is 15.2. The molecule has 3 heterocycles. The summed E-state index contributed by atoms with van der Waals surface area (Å²) in [6, 6.07) is 8.29. The Balaban J connectivity index is 1.59. The first kappa shape index (κ1) is 23.2. The molecule has 5 rings (SSSR count). The number of carboxylic acids is 1. The van der Waals surface area contributed by atoms with E-state index in [2.05, 4.69) is 17.0 Å². The third kappa shape index (κ3) is 4.43. The Morgan fingerprint density at radius 1 is 1.14 bits per heavy atom. The molecule has 1 aliphatic heterocycles. The van der Waals surface area contributed by atoms with Crippen molar-refractivity contribution >= 4 is 23.6 Å². The highest BCUT2D eigenvalue weighted by Gasteiger charge is 2.42. The van der Waals surface area contributed by atoms with E-state index in [9.17, 15) is 9.59 Å². The number of hydrazine groups is 1. The highest BCUT2D eigenvalue weighted by atomic mass is 19.1. The van der Waals surface area contributed by atoms with E-state index in [0.717, 1.165) is 50.4 Å². The van der Waals surface area contributed by atoms with Gasteiger partial charge in [0.05, 0.1) is 11.4 Å². The molecule has 0 bridgehead atoms. The number of carbonyl (C=O) groups is 2. The van der Waals surface area contributed by atoms with Crippen LogP contribution in [-0.2, 0) is 10.2 Å². The summed E-state index contributed by atoms with van der Waals surface area (Å²) < 4.78 is 16.9. The van der Waals surface area contributed by atoms with Crippen molar-refractivity contribution in [3.05, 3.63) is 59.2 Å². The zero-order chi connectivity index (χ0) is 24.7. The summed E-state index contributed by atoms with van der Waals surface area (Å²) in [5, 5.41) is 17.3. The third-order valence-corrected chi connectivity index (χ3v) is 6.97. The van der Waals surface area contributed by atoms with Crippen molar-refractivity contribution in [1.29, 1.82) is 0 Å². The van der Waals surface area contributed by atoms with Gasteiger partial charge in [-0.15, -0.1) is 0 Å². The first-order valence-electron chi connectivity index (χ1n) is 11.9. The standard InChI is InChI=1S/C26H28FN5O3/c1-26(11-12-26)21-15-20(25(35)31-14-5-3-4-13-30(31)2)28-22-16-19(29-32(21)22)18-8-6-7-17(24(18)27)9-10-23(33)34/h6-10,15-16H,3-5,11-14H2,1-2H3,(H,33,34)/b10-9+. The summed E-state index contributed by atoms with van der Waals surface area (Å²) in [7, 11) is 1.93. The SMILES string of the molecule is CN1CCCCCN1C(=O)c1cc(C2(C)CC2)n2nc(-c3cccc(/C=C/C(=O)O)c3F)cc2n1. The lowest BCUT2D eigenvalue weighted by Gasteiger charge is -2.29. The first-order valence-corrected chi connectivity index (χ1v) is 11.9. The van der Waals surface area contributed by atoms with Crippen LogP contribution in [-0.4, -0.2) is 61.7 Å². The maximum Gasteiger partial charge on any atom is 0.328 e. The van der Waals surface area contributed by atoms with E-state index < -0.39 is 11.8 Å². The molecule has 1 N–H and O–H groups in total. The number of aliphatic carboxylic acids is 1. The smallest absolute Gasteiger partial charge is 0.328 e. The fraction of sp³-hybridized carbons (Fsp3) is 0.385. The highest BCUT2D eigenvalue weighted by molar-refractivity contribution is 5.93. The molecule has 35 heavy (non-hydrogen) atoms. The number of rotatable bonds is 5. The van der Waals surface area contributed by atoms with Gasteiger partial charge in [-0.05, 0) is 43.9 Å². The van der Waals surface area contributed by atoms with Gasteiger partial charge in [-0.25, -0.2) is 23.7 Å². The monoisotopic (exact) mass is 477 g/mol. The third-order valence-electron chi connectivity index (χ3n) is 6.97. The largest absolute Gasteiger partial charge is 0.478 e. The molecule has 1 aromatic carbocycles. The summed E-state index contributed by atoms with van der Waals surface area (Å²) in [4.78, 5) is 29.0. The molecule has 2 fully saturated rings. The fourth-order valence-corrected chi connectivity index (χ4v) is 4.59. The van der Waals surface area contributed by atoms with E-state index in [1.807, 2.05) is 18.1 Å². The minimum absolute atomic E-state index is 0.116. The number of nitrogens with zero attached hydrogens (tertiary/aromatic N) is 5. The molecule has 1 saturated carbocycles. The number of carbonyl (C=O) groups excluding carboxylic acids is 1. The summed E-state index contributed by atoms with van der Waals surface area (Å²) in [5.41, 5.74) is 2.39. The van der Waals surface area contributed by atoms with Gasteiger partial charge in [0.15, 0.2) is 5.65 Å². The van der Waals surface area contributed by atoms with Crippen LogP contribution in [0, 0.1) is 5.82 Å². The molecule has 2 aromatic heterocycles. The molecule has 182 valence electrons. The minimum Gasteiger partial charge on any atom is -0.478 e. The number of benzene rings is 1. The number of amides is 1. The van der Waals surface area contributed by atoms with Crippen LogP contribution >= 0.6 is 0 Å². The normalized spacial score (nSPS) is 18.2. The Labute approximate surface area is 202 Å². The Morgan fingerprint density at radius 2 is 1.91 bits per heavy atom. The van der Waals surface area contributed by atoms with Crippen LogP contribution in [0.25, 0.3) is 23.0 Å². The van der Waals surface area contributed by atoms with Gasteiger partial charge in [-0.2, -0.15) is 5.10 Å². The van der Waals surface area contributed by atoms with Gasteiger partial charge in [-0.3, -0.25) is 9.80 Å². The number of fused-ring (bicyclic) bond motifs is 1. The van der Waals surface area contributed by atoms with Crippen LogP contribution in [0.4, 0.5) is 4.39 Å². The number of carboxylic acid groups (broad SMARTS) is 1.